The summed E-state index contributed by atoms with van der Waals surface area (Å²) in [7, 11) is 0. The molecule has 0 radical (unpaired) electrons. The van der Waals surface area contributed by atoms with Gasteiger partial charge in [0.1, 0.15) is 11.6 Å². The minimum atomic E-state index is -0.289. The Labute approximate surface area is 125 Å². The molecule has 0 N–H and O–H groups in total. The number of hydrogen-bond acceptors (Lipinski definition) is 7. The fourth-order valence-electron chi connectivity index (χ4n) is 2.46. The summed E-state index contributed by atoms with van der Waals surface area (Å²) in [6.07, 6.45) is 1.53. The van der Waals surface area contributed by atoms with Crippen molar-refractivity contribution >= 4 is 38.6 Å². The van der Waals surface area contributed by atoms with Gasteiger partial charge in [0.05, 0.1) is 36.2 Å². The SMILES string of the molecule is O=C1OCCN1c1cc2nc(N3CCOCC3)ncc2s1. The molecule has 0 atom stereocenters. The van der Waals surface area contributed by atoms with Crippen LogP contribution in [0.1, 0.15) is 0 Å². The van der Waals surface area contributed by atoms with Crippen LogP contribution in [0.4, 0.5) is 15.7 Å². The lowest BCUT2D eigenvalue weighted by Crippen LogP contribution is -2.37. The highest BCUT2D eigenvalue weighted by molar-refractivity contribution is 7.22. The van der Waals surface area contributed by atoms with Crippen LogP contribution < -0.4 is 9.80 Å². The molecule has 2 aromatic heterocycles. The number of morpholine rings is 1. The topological polar surface area (TPSA) is 67.8 Å². The normalized spacial score (nSPS) is 19.3. The van der Waals surface area contributed by atoms with Gasteiger partial charge in [-0.25, -0.2) is 14.8 Å². The van der Waals surface area contributed by atoms with Crippen LogP contribution in [0.3, 0.4) is 0 Å². The van der Waals surface area contributed by atoms with Gasteiger partial charge in [-0.2, -0.15) is 0 Å². The molecule has 2 saturated heterocycles. The first-order valence-corrected chi connectivity index (χ1v) is 7.66. The fraction of sp³-hybridized carbons (Fsp3) is 0.462. The van der Waals surface area contributed by atoms with E-state index in [-0.39, 0.29) is 6.09 Å². The summed E-state index contributed by atoms with van der Waals surface area (Å²) in [5.41, 5.74) is 0.867. The minimum absolute atomic E-state index is 0.289. The summed E-state index contributed by atoms with van der Waals surface area (Å²) < 4.78 is 11.3. The van der Waals surface area contributed by atoms with Gasteiger partial charge in [-0.3, -0.25) is 4.90 Å². The Kier molecular flexibility index (Phi) is 3.12. The number of ether oxygens (including phenoxy) is 2. The molecule has 7 nitrogen and oxygen atoms in total. The number of hydrogen-bond donors (Lipinski definition) is 0. The van der Waals surface area contributed by atoms with Crippen LogP contribution in [0.25, 0.3) is 10.2 Å². The van der Waals surface area contributed by atoms with Crippen molar-refractivity contribution in [3.8, 4) is 0 Å². The average Bonchev–Trinajstić information content (AvgIpc) is 3.12. The first-order valence-electron chi connectivity index (χ1n) is 6.85. The summed E-state index contributed by atoms with van der Waals surface area (Å²) in [6, 6.07) is 1.93. The molecule has 4 rings (SSSR count). The largest absolute Gasteiger partial charge is 0.447 e. The van der Waals surface area contributed by atoms with Crippen LogP contribution in [0, 0.1) is 0 Å². The molecule has 0 bridgehead atoms. The zero-order chi connectivity index (χ0) is 14.2. The molecular formula is C13H14N4O3S. The highest BCUT2D eigenvalue weighted by Gasteiger charge is 2.25. The molecule has 0 spiro atoms. The molecule has 0 saturated carbocycles. The van der Waals surface area contributed by atoms with Crippen LogP contribution in [0.2, 0.25) is 0 Å². The third-order valence-corrected chi connectivity index (χ3v) is 4.65. The maximum Gasteiger partial charge on any atom is 0.415 e. The lowest BCUT2D eigenvalue weighted by molar-refractivity contribution is 0.122. The van der Waals surface area contributed by atoms with E-state index in [9.17, 15) is 4.79 Å². The molecule has 2 fully saturated rings. The van der Waals surface area contributed by atoms with Crippen molar-refractivity contribution in [3.05, 3.63) is 12.3 Å². The summed E-state index contributed by atoms with van der Waals surface area (Å²) in [6.45, 7) is 4.06. The Morgan fingerprint density at radius 3 is 2.81 bits per heavy atom. The Bertz CT molecular complexity index is 683. The fourth-order valence-corrected chi connectivity index (χ4v) is 3.44. The zero-order valence-electron chi connectivity index (χ0n) is 11.3. The van der Waals surface area contributed by atoms with E-state index >= 15 is 0 Å². The predicted molar refractivity (Wildman–Crippen MR) is 79.1 cm³/mol. The van der Waals surface area contributed by atoms with E-state index in [2.05, 4.69) is 14.9 Å². The van der Waals surface area contributed by atoms with Gasteiger partial charge in [-0.15, -0.1) is 11.3 Å². The van der Waals surface area contributed by atoms with Crippen molar-refractivity contribution < 1.29 is 14.3 Å². The number of carbonyl (C=O) groups is 1. The van der Waals surface area contributed by atoms with E-state index in [1.807, 2.05) is 12.3 Å². The number of nitrogens with zero attached hydrogens (tertiary/aromatic N) is 4. The van der Waals surface area contributed by atoms with Crippen molar-refractivity contribution in [3.63, 3.8) is 0 Å². The lowest BCUT2D eigenvalue weighted by Gasteiger charge is -2.26. The van der Waals surface area contributed by atoms with Crippen LogP contribution in [0.15, 0.2) is 12.3 Å². The van der Waals surface area contributed by atoms with E-state index in [1.165, 1.54) is 11.3 Å². The number of aromatic nitrogens is 2. The predicted octanol–water partition coefficient (Wildman–Crippen LogP) is 1.48. The number of thiophene rings is 1. The number of fused-ring (bicyclic) bond motifs is 1. The van der Waals surface area contributed by atoms with Crippen LogP contribution >= 0.6 is 11.3 Å². The molecule has 2 aromatic rings. The summed E-state index contributed by atoms with van der Waals surface area (Å²) in [5.74, 6) is 0.721. The van der Waals surface area contributed by atoms with Crippen molar-refractivity contribution in [2.45, 2.75) is 0 Å². The first-order chi connectivity index (χ1) is 10.3. The Morgan fingerprint density at radius 2 is 2.05 bits per heavy atom. The van der Waals surface area contributed by atoms with Gasteiger partial charge in [0.15, 0.2) is 0 Å². The van der Waals surface area contributed by atoms with Gasteiger partial charge in [0.2, 0.25) is 5.95 Å². The first kappa shape index (κ1) is 12.8. The highest BCUT2D eigenvalue weighted by Crippen LogP contribution is 2.33. The molecule has 4 heterocycles. The average molecular weight is 306 g/mol. The lowest BCUT2D eigenvalue weighted by atomic mass is 10.4. The second kappa shape index (κ2) is 5.12. The summed E-state index contributed by atoms with van der Waals surface area (Å²) >= 11 is 1.51. The molecule has 110 valence electrons. The maximum absolute atomic E-state index is 11.6. The number of rotatable bonds is 2. The minimum Gasteiger partial charge on any atom is -0.447 e. The zero-order valence-corrected chi connectivity index (χ0v) is 12.1. The van der Waals surface area contributed by atoms with Gasteiger partial charge in [-0.05, 0) is 6.07 Å². The summed E-state index contributed by atoms with van der Waals surface area (Å²) in [4.78, 5) is 24.4. The molecule has 21 heavy (non-hydrogen) atoms. The van der Waals surface area contributed by atoms with Crippen molar-refractivity contribution in [1.82, 2.24) is 9.97 Å². The maximum atomic E-state index is 11.6. The Balaban J connectivity index is 1.66. The second-order valence-corrected chi connectivity index (χ2v) is 5.93. The van der Waals surface area contributed by atoms with E-state index in [0.29, 0.717) is 26.4 Å². The molecular weight excluding hydrogens is 292 g/mol. The van der Waals surface area contributed by atoms with Crippen LogP contribution in [0.5, 0.6) is 0 Å². The Hall–Kier alpha value is -1.93. The van der Waals surface area contributed by atoms with Crippen molar-refractivity contribution in [2.75, 3.05) is 49.3 Å². The molecule has 8 heteroatoms. The monoisotopic (exact) mass is 306 g/mol. The van der Waals surface area contributed by atoms with E-state index in [0.717, 1.165) is 34.3 Å². The molecule has 2 aliphatic rings. The van der Waals surface area contributed by atoms with Crippen LogP contribution in [-0.4, -0.2) is 55.5 Å². The van der Waals surface area contributed by atoms with Crippen molar-refractivity contribution in [1.29, 1.82) is 0 Å². The number of cyclic esters (lactones) is 1. The second-order valence-electron chi connectivity index (χ2n) is 4.87. The van der Waals surface area contributed by atoms with Gasteiger partial charge in [-0.1, -0.05) is 0 Å². The molecule has 2 aliphatic heterocycles. The quantitative estimate of drug-likeness (QED) is 0.837. The third kappa shape index (κ3) is 2.30. The third-order valence-electron chi connectivity index (χ3n) is 3.57. The van der Waals surface area contributed by atoms with Gasteiger partial charge in [0, 0.05) is 13.1 Å². The van der Waals surface area contributed by atoms with Gasteiger partial charge in [0.25, 0.3) is 0 Å². The smallest absolute Gasteiger partial charge is 0.415 e. The number of carbonyl (C=O) groups excluding carboxylic acids is 1. The van der Waals surface area contributed by atoms with Crippen molar-refractivity contribution in [2.24, 2.45) is 0 Å². The standard InChI is InChI=1S/C13H14N4O3S/c18-13-17(3-6-20-13)11-7-9-10(21-11)8-14-12(15-9)16-1-4-19-5-2-16/h7-8H,1-6H2. The van der Waals surface area contributed by atoms with Gasteiger partial charge >= 0.3 is 6.09 Å². The van der Waals surface area contributed by atoms with E-state index in [4.69, 9.17) is 9.47 Å². The molecule has 0 aliphatic carbocycles. The number of anilines is 2. The van der Waals surface area contributed by atoms with Gasteiger partial charge < -0.3 is 14.4 Å². The van der Waals surface area contributed by atoms with Crippen LogP contribution in [-0.2, 0) is 9.47 Å². The molecule has 1 amide bonds. The van der Waals surface area contributed by atoms with E-state index in [1.54, 1.807) is 4.90 Å². The highest BCUT2D eigenvalue weighted by atomic mass is 32.1. The molecule has 0 unspecified atom stereocenters. The van der Waals surface area contributed by atoms with E-state index < -0.39 is 0 Å². The molecule has 0 aromatic carbocycles. The Morgan fingerprint density at radius 1 is 1.19 bits per heavy atom. The number of amides is 1. The summed E-state index contributed by atoms with van der Waals surface area (Å²) in [5, 5.41) is 0.862.